The van der Waals surface area contributed by atoms with Gasteiger partial charge in [-0.3, -0.25) is 4.79 Å². The first-order chi connectivity index (χ1) is 13.3. The molecule has 0 saturated carbocycles. The van der Waals surface area contributed by atoms with Crippen molar-refractivity contribution < 1.29 is 14.3 Å². The normalized spacial score (nSPS) is 12.1. The minimum absolute atomic E-state index is 0.319. The Balaban J connectivity index is 1.60. The Bertz CT molecular complexity index is 1050. The number of fused-ring (bicyclic) bond motifs is 1. The highest BCUT2D eigenvalue weighted by Crippen LogP contribution is 2.16. The lowest BCUT2D eigenvalue weighted by molar-refractivity contribution is -0.123. The summed E-state index contributed by atoms with van der Waals surface area (Å²) < 4.78 is 5.27. The smallest absolute Gasteiger partial charge is 0.338 e. The predicted molar refractivity (Wildman–Crippen MR) is 107 cm³/mol. The van der Waals surface area contributed by atoms with E-state index in [2.05, 4.69) is 29.1 Å². The van der Waals surface area contributed by atoms with Crippen LogP contribution in [-0.4, -0.2) is 27.9 Å². The van der Waals surface area contributed by atoms with Gasteiger partial charge in [-0.15, -0.1) is 0 Å². The van der Waals surface area contributed by atoms with Crippen molar-refractivity contribution in [2.75, 3.05) is 5.32 Å². The van der Waals surface area contributed by atoms with Crippen LogP contribution in [0, 0.1) is 5.92 Å². The average Bonchev–Trinajstić information content (AvgIpc) is 3.01. The van der Waals surface area contributed by atoms with E-state index in [1.807, 2.05) is 12.1 Å². The van der Waals surface area contributed by atoms with Gasteiger partial charge in [0.15, 0.2) is 6.10 Å². The van der Waals surface area contributed by atoms with Crippen molar-refractivity contribution in [2.45, 2.75) is 33.3 Å². The summed E-state index contributed by atoms with van der Waals surface area (Å²) in [6.45, 7) is 5.78. The fourth-order valence-corrected chi connectivity index (χ4v) is 2.88. The van der Waals surface area contributed by atoms with E-state index in [1.54, 1.807) is 30.3 Å². The maximum absolute atomic E-state index is 12.3. The molecule has 7 heteroatoms. The molecule has 0 saturated heterocycles. The van der Waals surface area contributed by atoms with Crippen LogP contribution >= 0.6 is 0 Å². The monoisotopic (exact) mass is 381 g/mol. The number of aromatic amines is 2. The zero-order chi connectivity index (χ0) is 20.3. The predicted octanol–water partition coefficient (Wildman–Crippen LogP) is 3.24. The summed E-state index contributed by atoms with van der Waals surface area (Å²) in [6, 6.07) is 12.2. The molecule has 7 nitrogen and oxygen atoms in total. The number of nitrogens with one attached hydrogen (secondary N) is 3. The molecule has 0 unspecified atom stereocenters. The number of anilines is 1. The minimum Gasteiger partial charge on any atom is -0.449 e. The highest BCUT2D eigenvalue weighted by atomic mass is 16.5. The molecule has 28 heavy (non-hydrogen) atoms. The van der Waals surface area contributed by atoms with E-state index in [9.17, 15) is 14.4 Å². The van der Waals surface area contributed by atoms with Gasteiger partial charge in [-0.05, 0) is 55.2 Å². The van der Waals surface area contributed by atoms with E-state index in [0.717, 1.165) is 12.0 Å². The van der Waals surface area contributed by atoms with Crippen LogP contribution in [0.2, 0.25) is 0 Å². The second kappa shape index (κ2) is 8.12. The highest BCUT2D eigenvalue weighted by Gasteiger charge is 2.19. The van der Waals surface area contributed by atoms with Gasteiger partial charge >= 0.3 is 11.7 Å². The molecule has 0 spiro atoms. The first kappa shape index (κ1) is 19.4. The third kappa shape index (κ3) is 4.68. The second-order valence-corrected chi connectivity index (χ2v) is 7.17. The average molecular weight is 381 g/mol. The Morgan fingerprint density at radius 3 is 2.36 bits per heavy atom. The van der Waals surface area contributed by atoms with Crippen LogP contribution in [0.1, 0.15) is 36.7 Å². The van der Waals surface area contributed by atoms with Crippen molar-refractivity contribution in [1.82, 2.24) is 9.97 Å². The highest BCUT2D eigenvalue weighted by molar-refractivity contribution is 5.98. The van der Waals surface area contributed by atoms with Crippen molar-refractivity contribution in [3.63, 3.8) is 0 Å². The first-order valence-electron chi connectivity index (χ1n) is 9.14. The zero-order valence-electron chi connectivity index (χ0n) is 16.0. The van der Waals surface area contributed by atoms with Gasteiger partial charge in [-0.25, -0.2) is 9.59 Å². The molecule has 0 fully saturated rings. The number of H-pyrrole nitrogens is 2. The molecule has 1 heterocycles. The molecule has 146 valence electrons. The van der Waals surface area contributed by atoms with E-state index in [0.29, 0.717) is 28.2 Å². The second-order valence-electron chi connectivity index (χ2n) is 7.17. The van der Waals surface area contributed by atoms with Crippen molar-refractivity contribution in [1.29, 1.82) is 0 Å². The Kier molecular flexibility index (Phi) is 5.63. The molecular formula is C21H23N3O4. The van der Waals surface area contributed by atoms with Gasteiger partial charge in [0.1, 0.15) is 0 Å². The number of esters is 1. The first-order valence-corrected chi connectivity index (χ1v) is 9.14. The lowest BCUT2D eigenvalue weighted by Gasteiger charge is -2.14. The molecule has 0 bridgehead atoms. The third-order valence-electron chi connectivity index (χ3n) is 4.27. The SMILES string of the molecule is CC(C)Cc1ccc(C(=O)O[C@H](C)C(=O)Nc2ccc3[nH]c(=O)[nH]c3c2)cc1. The molecule has 2 aromatic carbocycles. The number of aromatic nitrogens is 2. The lowest BCUT2D eigenvalue weighted by Crippen LogP contribution is -2.30. The van der Waals surface area contributed by atoms with E-state index in [1.165, 1.54) is 6.92 Å². The summed E-state index contributed by atoms with van der Waals surface area (Å²) >= 11 is 0. The number of ether oxygens (including phenoxy) is 1. The molecule has 3 N–H and O–H groups in total. The van der Waals surface area contributed by atoms with E-state index < -0.39 is 18.0 Å². The van der Waals surface area contributed by atoms with Crippen LogP contribution in [-0.2, 0) is 16.0 Å². The van der Waals surface area contributed by atoms with Crippen LogP contribution in [0.4, 0.5) is 5.69 Å². The van der Waals surface area contributed by atoms with E-state index >= 15 is 0 Å². The molecule has 1 aromatic heterocycles. The molecule has 1 atom stereocenters. The Labute approximate surface area is 162 Å². The fraction of sp³-hybridized carbons (Fsp3) is 0.286. The van der Waals surface area contributed by atoms with Gasteiger partial charge in [-0.1, -0.05) is 26.0 Å². The summed E-state index contributed by atoms with van der Waals surface area (Å²) in [5, 5.41) is 2.68. The number of carbonyl (C=O) groups is 2. The zero-order valence-corrected chi connectivity index (χ0v) is 16.0. The third-order valence-corrected chi connectivity index (χ3v) is 4.27. The molecule has 3 rings (SSSR count). The van der Waals surface area contributed by atoms with Gasteiger partial charge in [-0.2, -0.15) is 0 Å². The number of amides is 1. The number of carbonyl (C=O) groups excluding carboxylic acids is 2. The summed E-state index contributed by atoms with van der Waals surface area (Å²) in [6.07, 6.45) is -0.0333. The molecule has 0 aliphatic heterocycles. The van der Waals surface area contributed by atoms with Crippen LogP contribution in [0.15, 0.2) is 47.3 Å². The summed E-state index contributed by atoms with van der Waals surface area (Å²) in [5.41, 5.74) is 2.94. The number of rotatable bonds is 6. The van der Waals surface area contributed by atoms with Gasteiger partial charge < -0.3 is 20.0 Å². The molecule has 3 aromatic rings. The Morgan fingerprint density at radius 1 is 1.00 bits per heavy atom. The maximum atomic E-state index is 12.3. The van der Waals surface area contributed by atoms with Crippen LogP contribution < -0.4 is 11.0 Å². The molecule has 1 amide bonds. The maximum Gasteiger partial charge on any atom is 0.338 e. The van der Waals surface area contributed by atoms with Crippen molar-refractivity contribution in [3.8, 4) is 0 Å². The van der Waals surface area contributed by atoms with Gasteiger partial charge in [0.25, 0.3) is 5.91 Å². The summed E-state index contributed by atoms with van der Waals surface area (Å²) in [4.78, 5) is 41.2. The summed E-state index contributed by atoms with van der Waals surface area (Å²) in [7, 11) is 0. The van der Waals surface area contributed by atoms with Gasteiger partial charge in [0.05, 0.1) is 16.6 Å². The van der Waals surface area contributed by atoms with Crippen LogP contribution in [0.25, 0.3) is 11.0 Å². The molecule has 0 radical (unpaired) electrons. The minimum atomic E-state index is -0.969. The van der Waals surface area contributed by atoms with Crippen molar-refractivity contribution in [3.05, 3.63) is 64.1 Å². The van der Waals surface area contributed by atoms with Crippen molar-refractivity contribution in [2.24, 2.45) is 5.92 Å². The summed E-state index contributed by atoms with van der Waals surface area (Å²) in [5.74, 6) is -0.476. The van der Waals surface area contributed by atoms with Gasteiger partial charge in [0, 0.05) is 5.69 Å². The van der Waals surface area contributed by atoms with Gasteiger partial charge in [0.2, 0.25) is 0 Å². The number of hydrogen-bond acceptors (Lipinski definition) is 4. The Hall–Kier alpha value is -3.35. The Morgan fingerprint density at radius 2 is 1.68 bits per heavy atom. The quantitative estimate of drug-likeness (QED) is 0.570. The molecule has 0 aliphatic rings. The van der Waals surface area contributed by atoms with Crippen LogP contribution in [0.5, 0.6) is 0 Å². The fourth-order valence-electron chi connectivity index (χ4n) is 2.88. The largest absolute Gasteiger partial charge is 0.449 e. The van der Waals surface area contributed by atoms with E-state index in [4.69, 9.17) is 4.74 Å². The lowest BCUT2D eigenvalue weighted by atomic mass is 10.0. The van der Waals surface area contributed by atoms with E-state index in [-0.39, 0.29) is 5.69 Å². The standard InChI is InChI=1S/C21H23N3O4/c1-12(2)10-14-4-6-15(7-5-14)20(26)28-13(3)19(25)22-16-8-9-17-18(11-16)24-21(27)23-17/h4-9,11-13H,10H2,1-3H3,(H,22,25)(H2,23,24,27)/t13-/m1/s1. The molecular weight excluding hydrogens is 358 g/mol. The number of hydrogen-bond donors (Lipinski definition) is 3. The number of imidazole rings is 1. The van der Waals surface area contributed by atoms with Crippen LogP contribution in [0.3, 0.4) is 0 Å². The topological polar surface area (TPSA) is 104 Å². The van der Waals surface area contributed by atoms with Crippen molar-refractivity contribution >= 4 is 28.6 Å². The number of benzene rings is 2. The molecule has 0 aliphatic carbocycles.